The van der Waals surface area contributed by atoms with Gasteiger partial charge in [0.15, 0.2) is 0 Å². The van der Waals surface area contributed by atoms with Crippen LogP contribution in [0.2, 0.25) is 0 Å². The smallest absolute Gasteiger partial charge is 0.229 e. The van der Waals surface area contributed by atoms with E-state index in [-0.39, 0.29) is 5.88 Å². The minimum atomic E-state index is 0.148. The van der Waals surface area contributed by atoms with E-state index in [0.717, 1.165) is 5.82 Å². The van der Waals surface area contributed by atoms with Crippen LogP contribution in [0.15, 0.2) is 6.20 Å². The minimum absolute atomic E-state index is 0.148. The lowest BCUT2D eigenvalue weighted by Gasteiger charge is -2.24. The molecule has 0 spiro atoms. The second-order valence-electron chi connectivity index (χ2n) is 3.20. The molecule has 1 aromatic rings. The number of hydrogen-bond acceptors (Lipinski definition) is 2. The van der Waals surface area contributed by atoms with Gasteiger partial charge in [0.1, 0.15) is 5.82 Å². The van der Waals surface area contributed by atoms with Crippen molar-refractivity contribution in [2.24, 2.45) is 7.05 Å². The van der Waals surface area contributed by atoms with Crippen LogP contribution in [-0.4, -0.2) is 14.7 Å². The molecular formula is C8H12N2O. The quantitative estimate of drug-likeness (QED) is 0.660. The molecule has 0 bridgehead atoms. The second-order valence-corrected chi connectivity index (χ2v) is 3.20. The molecule has 1 N–H and O–H groups in total. The van der Waals surface area contributed by atoms with E-state index in [1.165, 1.54) is 19.3 Å². The van der Waals surface area contributed by atoms with E-state index < -0.39 is 0 Å². The molecule has 1 saturated carbocycles. The minimum Gasteiger partial charge on any atom is -0.492 e. The summed E-state index contributed by atoms with van der Waals surface area (Å²) in [6, 6.07) is 0. The molecule has 60 valence electrons. The highest BCUT2D eigenvalue weighted by atomic mass is 16.3. The summed E-state index contributed by atoms with van der Waals surface area (Å²) in [5.74, 6) is 1.78. The molecular weight excluding hydrogens is 140 g/mol. The normalized spacial score (nSPS) is 18.3. The van der Waals surface area contributed by atoms with Crippen LogP contribution in [0.25, 0.3) is 0 Å². The summed E-state index contributed by atoms with van der Waals surface area (Å²) in [5, 5.41) is 9.07. The Bertz CT molecular complexity index is 263. The van der Waals surface area contributed by atoms with Gasteiger partial charge in [0.2, 0.25) is 5.88 Å². The van der Waals surface area contributed by atoms with E-state index in [4.69, 9.17) is 5.11 Å². The second kappa shape index (κ2) is 2.26. The van der Waals surface area contributed by atoms with Crippen LogP contribution in [0.1, 0.15) is 31.0 Å². The van der Waals surface area contributed by atoms with Gasteiger partial charge in [-0.25, -0.2) is 0 Å². The van der Waals surface area contributed by atoms with E-state index in [1.807, 2.05) is 11.6 Å². The summed E-state index contributed by atoms with van der Waals surface area (Å²) < 4.78 is 1.92. The Labute approximate surface area is 65.7 Å². The molecule has 11 heavy (non-hydrogen) atoms. The highest BCUT2D eigenvalue weighted by molar-refractivity contribution is 5.12. The Morgan fingerprint density at radius 2 is 2.36 bits per heavy atom. The molecule has 1 aromatic heterocycles. The van der Waals surface area contributed by atoms with Crippen LogP contribution < -0.4 is 0 Å². The van der Waals surface area contributed by atoms with Crippen molar-refractivity contribution in [3.63, 3.8) is 0 Å². The third-order valence-electron chi connectivity index (χ3n) is 2.37. The average molecular weight is 152 g/mol. The van der Waals surface area contributed by atoms with Crippen molar-refractivity contribution in [3.05, 3.63) is 12.0 Å². The van der Waals surface area contributed by atoms with Gasteiger partial charge < -0.3 is 9.67 Å². The lowest BCUT2D eigenvalue weighted by Crippen LogP contribution is -2.13. The molecule has 1 aliphatic carbocycles. The van der Waals surface area contributed by atoms with Gasteiger partial charge in [0.05, 0.1) is 6.20 Å². The number of nitrogens with zero attached hydrogens (tertiary/aromatic N) is 2. The lowest BCUT2D eigenvalue weighted by molar-refractivity contribution is 0.389. The summed E-state index contributed by atoms with van der Waals surface area (Å²) in [6.45, 7) is 0. The van der Waals surface area contributed by atoms with Gasteiger partial charge in [-0.05, 0) is 12.8 Å². The van der Waals surface area contributed by atoms with Gasteiger partial charge >= 0.3 is 0 Å². The van der Waals surface area contributed by atoms with E-state index in [0.29, 0.717) is 5.92 Å². The number of aromatic nitrogens is 2. The predicted octanol–water partition coefficient (Wildman–Crippen LogP) is 1.39. The Morgan fingerprint density at radius 1 is 1.64 bits per heavy atom. The number of hydrogen-bond donors (Lipinski definition) is 1. The number of aromatic hydroxyl groups is 1. The predicted molar refractivity (Wildman–Crippen MR) is 41.5 cm³/mol. The van der Waals surface area contributed by atoms with E-state index in [1.54, 1.807) is 6.20 Å². The zero-order valence-electron chi connectivity index (χ0n) is 6.62. The fourth-order valence-electron chi connectivity index (χ4n) is 1.51. The largest absolute Gasteiger partial charge is 0.492 e. The first-order valence-electron chi connectivity index (χ1n) is 3.99. The molecule has 0 saturated heterocycles. The molecule has 1 fully saturated rings. The standard InChI is InChI=1S/C8H12N2O/c1-10-5-7(11)9-8(10)6-3-2-4-6/h5-6,11H,2-4H2,1H3. The fourth-order valence-corrected chi connectivity index (χ4v) is 1.51. The molecule has 0 aliphatic heterocycles. The maximum absolute atomic E-state index is 9.07. The Morgan fingerprint density at radius 3 is 2.73 bits per heavy atom. The molecule has 3 nitrogen and oxygen atoms in total. The summed E-state index contributed by atoms with van der Waals surface area (Å²) in [6.07, 6.45) is 5.42. The van der Waals surface area contributed by atoms with Crippen molar-refractivity contribution in [1.82, 2.24) is 9.55 Å². The Hall–Kier alpha value is -0.990. The first kappa shape index (κ1) is 6.70. The SMILES string of the molecule is Cn1cc(O)nc1C1CCC1. The van der Waals surface area contributed by atoms with E-state index in [2.05, 4.69) is 4.98 Å². The van der Waals surface area contributed by atoms with Gasteiger partial charge in [-0.1, -0.05) is 6.42 Å². The summed E-state index contributed by atoms with van der Waals surface area (Å²) in [7, 11) is 1.93. The molecule has 2 rings (SSSR count). The molecule has 0 aromatic carbocycles. The van der Waals surface area contributed by atoms with Crippen molar-refractivity contribution in [2.45, 2.75) is 25.2 Å². The molecule has 3 heteroatoms. The van der Waals surface area contributed by atoms with E-state index in [9.17, 15) is 0 Å². The van der Waals surface area contributed by atoms with Crippen LogP contribution in [0.3, 0.4) is 0 Å². The van der Waals surface area contributed by atoms with Crippen LogP contribution in [0.5, 0.6) is 5.88 Å². The third-order valence-corrected chi connectivity index (χ3v) is 2.37. The summed E-state index contributed by atoms with van der Waals surface area (Å²) >= 11 is 0. The first-order chi connectivity index (χ1) is 5.27. The first-order valence-corrected chi connectivity index (χ1v) is 3.99. The van der Waals surface area contributed by atoms with Crippen molar-refractivity contribution in [3.8, 4) is 5.88 Å². The highest BCUT2D eigenvalue weighted by Crippen LogP contribution is 2.35. The summed E-state index contributed by atoms with van der Waals surface area (Å²) in [5.41, 5.74) is 0. The number of imidazole rings is 1. The monoisotopic (exact) mass is 152 g/mol. The zero-order chi connectivity index (χ0) is 7.84. The third kappa shape index (κ3) is 1.00. The molecule has 1 aliphatic rings. The zero-order valence-corrected chi connectivity index (χ0v) is 6.62. The van der Waals surface area contributed by atoms with Crippen LogP contribution in [-0.2, 0) is 7.05 Å². The van der Waals surface area contributed by atoms with Crippen molar-refractivity contribution < 1.29 is 5.11 Å². The molecule has 0 unspecified atom stereocenters. The maximum atomic E-state index is 9.07. The van der Waals surface area contributed by atoms with Crippen LogP contribution in [0, 0.1) is 0 Å². The van der Waals surface area contributed by atoms with Crippen molar-refractivity contribution in [2.75, 3.05) is 0 Å². The van der Waals surface area contributed by atoms with E-state index >= 15 is 0 Å². The Kier molecular flexibility index (Phi) is 1.37. The van der Waals surface area contributed by atoms with Gasteiger partial charge in [-0.15, -0.1) is 0 Å². The molecule has 0 atom stereocenters. The van der Waals surface area contributed by atoms with Gasteiger partial charge in [0.25, 0.3) is 0 Å². The highest BCUT2D eigenvalue weighted by Gasteiger charge is 2.23. The van der Waals surface area contributed by atoms with Crippen LogP contribution >= 0.6 is 0 Å². The van der Waals surface area contributed by atoms with Crippen LogP contribution in [0.4, 0.5) is 0 Å². The van der Waals surface area contributed by atoms with Crippen molar-refractivity contribution in [1.29, 1.82) is 0 Å². The lowest BCUT2D eigenvalue weighted by atomic mass is 9.85. The molecule has 0 radical (unpaired) electrons. The molecule has 1 heterocycles. The van der Waals surface area contributed by atoms with Gasteiger partial charge in [0, 0.05) is 13.0 Å². The number of rotatable bonds is 1. The average Bonchev–Trinajstić information content (AvgIpc) is 2.07. The fraction of sp³-hybridized carbons (Fsp3) is 0.625. The topological polar surface area (TPSA) is 38.0 Å². The Balaban J connectivity index is 2.28. The number of aryl methyl sites for hydroxylation is 1. The summed E-state index contributed by atoms with van der Waals surface area (Å²) in [4.78, 5) is 4.05. The van der Waals surface area contributed by atoms with Gasteiger partial charge in [-0.2, -0.15) is 4.98 Å². The van der Waals surface area contributed by atoms with Gasteiger partial charge in [-0.3, -0.25) is 0 Å². The molecule has 0 amide bonds. The maximum Gasteiger partial charge on any atom is 0.229 e. The van der Waals surface area contributed by atoms with Crippen molar-refractivity contribution >= 4 is 0 Å².